The maximum atomic E-state index is 11.0. The van der Waals surface area contributed by atoms with Crippen molar-refractivity contribution >= 4 is 5.97 Å². The van der Waals surface area contributed by atoms with Crippen LogP contribution in [0.4, 0.5) is 0 Å². The molecular formula is C9H13N3O2. The van der Waals surface area contributed by atoms with Gasteiger partial charge >= 0.3 is 5.97 Å². The quantitative estimate of drug-likeness (QED) is 0.725. The number of rotatable bonds is 4. The molecule has 0 radical (unpaired) electrons. The van der Waals surface area contributed by atoms with Crippen molar-refractivity contribution in [1.82, 2.24) is 15.1 Å². The van der Waals surface area contributed by atoms with Crippen LogP contribution in [0.3, 0.4) is 0 Å². The van der Waals surface area contributed by atoms with Crippen LogP contribution in [0.2, 0.25) is 0 Å². The van der Waals surface area contributed by atoms with E-state index in [4.69, 9.17) is 5.11 Å². The number of carboxylic acids is 1. The molecule has 1 fully saturated rings. The molecule has 1 saturated carbocycles. The van der Waals surface area contributed by atoms with Gasteiger partial charge in [0, 0.05) is 24.8 Å². The van der Waals surface area contributed by atoms with E-state index in [2.05, 4.69) is 10.4 Å². The minimum atomic E-state index is -0.843. The Hall–Kier alpha value is -1.36. The summed E-state index contributed by atoms with van der Waals surface area (Å²) in [7, 11) is 1.78. The minimum absolute atomic E-state index is 0.372. The molecule has 1 aromatic heterocycles. The van der Waals surface area contributed by atoms with Gasteiger partial charge in [0.05, 0.1) is 6.20 Å². The smallest absolute Gasteiger partial charge is 0.325 e. The third-order valence-electron chi connectivity index (χ3n) is 2.28. The molecule has 1 atom stereocenters. The third kappa shape index (κ3) is 1.93. The van der Waals surface area contributed by atoms with Gasteiger partial charge in [-0.25, -0.2) is 0 Å². The highest BCUT2D eigenvalue weighted by Crippen LogP contribution is 2.24. The highest BCUT2D eigenvalue weighted by atomic mass is 16.4. The first-order valence-corrected chi connectivity index (χ1v) is 4.64. The van der Waals surface area contributed by atoms with Crippen LogP contribution in [-0.4, -0.2) is 26.9 Å². The van der Waals surface area contributed by atoms with E-state index < -0.39 is 12.0 Å². The molecule has 0 spiro atoms. The van der Waals surface area contributed by atoms with Crippen LogP contribution in [0.1, 0.15) is 24.4 Å². The van der Waals surface area contributed by atoms with Crippen LogP contribution in [0, 0.1) is 0 Å². The number of carboxylic acid groups (broad SMARTS) is 1. The summed E-state index contributed by atoms with van der Waals surface area (Å²) < 4.78 is 1.61. The highest BCUT2D eigenvalue weighted by molar-refractivity contribution is 5.75. The Morgan fingerprint density at radius 2 is 2.50 bits per heavy atom. The topological polar surface area (TPSA) is 67.2 Å². The molecule has 1 aliphatic carbocycles. The molecule has 0 aromatic carbocycles. The van der Waals surface area contributed by atoms with Crippen LogP contribution in [-0.2, 0) is 11.8 Å². The number of nitrogens with one attached hydrogen (secondary N) is 1. The van der Waals surface area contributed by atoms with Crippen LogP contribution >= 0.6 is 0 Å². The molecule has 1 aliphatic rings. The molecule has 76 valence electrons. The summed E-state index contributed by atoms with van der Waals surface area (Å²) in [6, 6.07) is -0.243. The summed E-state index contributed by atoms with van der Waals surface area (Å²) in [5, 5.41) is 16.0. The van der Waals surface area contributed by atoms with Crippen molar-refractivity contribution in [2.24, 2.45) is 7.05 Å². The zero-order valence-corrected chi connectivity index (χ0v) is 7.97. The van der Waals surface area contributed by atoms with Gasteiger partial charge in [0.2, 0.25) is 0 Å². The number of aliphatic carboxylic acids is 1. The Morgan fingerprint density at radius 3 is 2.93 bits per heavy atom. The number of nitrogens with zero attached hydrogens (tertiary/aromatic N) is 2. The van der Waals surface area contributed by atoms with Gasteiger partial charge in [-0.2, -0.15) is 5.10 Å². The molecule has 2 rings (SSSR count). The fourth-order valence-electron chi connectivity index (χ4n) is 1.39. The van der Waals surface area contributed by atoms with E-state index in [0.29, 0.717) is 11.6 Å². The fourth-order valence-corrected chi connectivity index (χ4v) is 1.39. The van der Waals surface area contributed by atoms with E-state index in [1.807, 2.05) is 0 Å². The summed E-state index contributed by atoms with van der Waals surface area (Å²) in [5.74, 6) is -0.843. The minimum Gasteiger partial charge on any atom is -0.480 e. The maximum Gasteiger partial charge on any atom is 0.325 e. The van der Waals surface area contributed by atoms with Gasteiger partial charge in [-0.05, 0) is 12.8 Å². The predicted molar refractivity (Wildman–Crippen MR) is 49.7 cm³/mol. The summed E-state index contributed by atoms with van der Waals surface area (Å²) in [5.41, 5.74) is 0.715. The van der Waals surface area contributed by atoms with Gasteiger partial charge in [-0.3, -0.25) is 14.8 Å². The average Bonchev–Trinajstić information content (AvgIpc) is 2.84. The molecule has 0 bridgehead atoms. The fraction of sp³-hybridized carbons (Fsp3) is 0.556. The molecule has 1 aromatic rings. The van der Waals surface area contributed by atoms with Crippen molar-refractivity contribution in [3.63, 3.8) is 0 Å². The van der Waals surface area contributed by atoms with Crippen LogP contribution in [0.5, 0.6) is 0 Å². The summed E-state index contributed by atoms with van der Waals surface area (Å²) >= 11 is 0. The van der Waals surface area contributed by atoms with Crippen LogP contribution in [0.15, 0.2) is 12.4 Å². The lowest BCUT2D eigenvalue weighted by Gasteiger charge is -2.11. The van der Waals surface area contributed by atoms with Gasteiger partial charge < -0.3 is 5.11 Å². The number of aromatic nitrogens is 2. The van der Waals surface area contributed by atoms with Gasteiger partial charge in [-0.1, -0.05) is 0 Å². The van der Waals surface area contributed by atoms with Crippen LogP contribution in [0.25, 0.3) is 0 Å². The average molecular weight is 195 g/mol. The zero-order valence-electron chi connectivity index (χ0n) is 7.97. The predicted octanol–water partition coefficient (Wildman–Crippen LogP) is 0.298. The summed E-state index contributed by atoms with van der Waals surface area (Å²) in [4.78, 5) is 11.0. The Labute approximate surface area is 81.7 Å². The Bertz CT molecular complexity index is 344. The number of aryl methyl sites for hydroxylation is 1. The summed E-state index contributed by atoms with van der Waals surface area (Å²) in [6.45, 7) is 0. The molecule has 2 N–H and O–H groups in total. The van der Waals surface area contributed by atoms with Crippen LogP contribution < -0.4 is 5.32 Å². The Morgan fingerprint density at radius 1 is 1.79 bits per heavy atom. The molecule has 5 nitrogen and oxygen atoms in total. The Kier molecular flexibility index (Phi) is 2.25. The van der Waals surface area contributed by atoms with Crippen molar-refractivity contribution in [1.29, 1.82) is 0 Å². The van der Waals surface area contributed by atoms with Crippen molar-refractivity contribution < 1.29 is 9.90 Å². The first kappa shape index (κ1) is 9.21. The van der Waals surface area contributed by atoms with E-state index in [1.165, 1.54) is 0 Å². The molecule has 14 heavy (non-hydrogen) atoms. The van der Waals surface area contributed by atoms with E-state index in [1.54, 1.807) is 24.1 Å². The zero-order chi connectivity index (χ0) is 10.1. The number of hydrogen-bond donors (Lipinski definition) is 2. The van der Waals surface area contributed by atoms with Crippen molar-refractivity contribution in [3.05, 3.63) is 18.0 Å². The van der Waals surface area contributed by atoms with Gasteiger partial charge in [0.25, 0.3) is 0 Å². The summed E-state index contributed by atoms with van der Waals surface area (Å²) in [6.07, 6.45) is 5.47. The molecule has 5 heteroatoms. The van der Waals surface area contributed by atoms with Gasteiger partial charge in [-0.15, -0.1) is 0 Å². The lowest BCUT2D eigenvalue weighted by molar-refractivity contribution is -0.139. The molecule has 0 saturated heterocycles. The SMILES string of the molecule is Cn1cc(C(NC2CC2)C(=O)O)cn1. The lowest BCUT2D eigenvalue weighted by Crippen LogP contribution is -2.29. The highest BCUT2D eigenvalue weighted by Gasteiger charge is 2.29. The molecule has 1 unspecified atom stereocenters. The van der Waals surface area contributed by atoms with E-state index in [9.17, 15) is 4.79 Å². The first-order valence-electron chi connectivity index (χ1n) is 4.64. The standard InChI is InChI=1S/C9H13N3O2/c1-12-5-6(4-10-12)8(9(13)14)11-7-2-3-7/h4-5,7-8,11H,2-3H2,1H3,(H,13,14). The van der Waals surface area contributed by atoms with Crippen molar-refractivity contribution in [2.75, 3.05) is 0 Å². The molecule has 0 aliphatic heterocycles. The third-order valence-corrected chi connectivity index (χ3v) is 2.28. The first-order chi connectivity index (χ1) is 6.66. The second kappa shape index (κ2) is 3.42. The van der Waals surface area contributed by atoms with Crippen molar-refractivity contribution in [2.45, 2.75) is 24.9 Å². The van der Waals surface area contributed by atoms with Gasteiger partial charge in [0.15, 0.2) is 0 Å². The van der Waals surface area contributed by atoms with Gasteiger partial charge in [0.1, 0.15) is 6.04 Å². The number of carbonyl (C=O) groups is 1. The molecule has 1 heterocycles. The van der Waals surface area contributed by atoms with E-state index >= 15 is 0 Å². The lowest BCUT2D eigenvalue weighted by atomic mass is 10.1. The monoisotopic (exact) mass is 195 g/mol. The second-order valence-electron chi connectivity index (χ2n) is 3.66. The van der Waals surface area contributed by atoms with E-state index in [-0.39, 0.29) is 0 Å². The van der Waals surface area contributed by atoms with E-state index in [0.717, 1.165) is 12.8 Å². The van der Waals surface area contributed by atoms with Crippen molar-refractivity contribution in [3.8, 4) is 0 Å². The molecular weight excluding hydrogens is 182 g/mol. The second-order valence-corrected chi connectivity index (χ2v) is 3.66. The maximum absolute atomic E-state index is 11.0. The number of hydrogen-bond acceptors (Lipinski definition) is 3. The Balaban J connectivity index is 2.12. The molecule has 0 amide bonds. The largest absolute Gasteiger partial charge is 0.480 e. The normalized spacial score (nSPS) is 18.1.